The van der Waals surface area contributed by atoms with Crippen molar-refractivity contribution in [2.75, 3.05) is 6.54 Å². The van der Waals surface area contributed by atoms with E-state index in [1.54, 1.807) is 0 Å². The standard InChI is InChI=1S/C29H61N3O2/c1-2-3-4-5-6-7-8-9-10-11-12-13-14-15-18-25-29(33)34-28(32)24-20-19-23-27(31)22-17-16-21-26-30/h27-28H,2-26,30-32H2,1H3. The van der Waals surface area contributed by atoms with Gasteiger partial charge >= 0.3 is 5.97 Å². The van der Waals surface area contributed by atoms with Gasteiger partial charge in [-0.3, -0.25) is 10.5 Å². The number of nitrogens with two attached hydrogens (primary N) is 3. The summed E-state index contributed by atoms with van der Waals surface area (Å²) in [5, 5.41) is 0. The fourth-order valence-corrected chi connectivity index (χ4v) is 4.55. The number of carbonyl (C=O) groups excluding carboxylic acids is 1. The third-order valence-electron chi connectivity index (χ3n) is 6.86. The van der Waals surface area contributed by atoms with Crippen molar-refractivity contribution >= 4 is 5.97 Å². The Morgan fingerprint density at radius 2 is 1.00 bits per heavy atom. The lowest BCUT2D eigenvalue weighted by Gasteiger charge is -2.14. The fourth-order valence-electron chi connectivity index (χ4n) is 4.55. The van der Waals surface area contributed by atoms with E-state index in [0.717, 1.165) is 64.3 Å². The van der Waals surface area contributed by atoms with E-state index in [9.17, 15) is 4.79 Å². The minimum absolute atomic E-state index is 0.140. The van der Waals surface area contributed by atoms with Gasteiger partial charge in [0.1, 0.15) is 0 Å². The van der Waals surface area contributed by atoms with E-state index in [1.165, 1.54) is 89.9 Å². The summed E-state index contributed by atoms with van der Waals surface area (Å²) < 4.78 is 5.36. The van der Waals surface area contributed by atoms with Gasteiger partial charge in [0, 0.05) is 12.5 Å². The Balaban J connectivity index is 3.36. The fraction of sp³-hybridized carbons (Fsp3) is 0.966. The molecule has 0 spiro atoms. The summed E-state index contributed by atoms with van der Waals surface area (Å²) in [4.78, 5) is 12.0. The number of rotatable bonds is 27. The van der Waals surface area contributed by atoms with Crippen molar-refractivity contribution in [3.05, 3.63) is 0 Å². The van der Waals surface area contributed by atoms with Crippen molar-refractivity contribution in [1.82, 2.24) is 0 Å². The minimum atomic E-state index is -0.468. The molecule has 0 aliphatic rings. The highest BCUT2D eigenvalue weighted by Crippen LogP contribution is 2.14. The van der Waals surface area contributed by atoms with Crippen molar-refractivity contribution in [3.8, 4) is 0 Å². The maximum atomic E-state index is 12.0. The van der Waals surface area contributed by atoms with Gasteiger partial charge < -0.3 is 16.2 Å². The Hall–Kier alpha value is -0.650. The summed E-state index contributed by atoms with van der Waals surface area (Å²) in [5.74, 6) is -0.140. The molecule has 5 heteroatoms. The van der Waals surface area contributed by atoms with Crippen molar-refractivity contribution in [2.45, 2.75) is 173 Å². The third-order valence-corrected chi connectivity index (χ3v) is 6.86. The molecule has 0 bridgehead atoms. The molecule has 0 heterocycles. The van der Waals surface area contributed by atoms with Gasteiger partial charge in [0.25, 0.3) is 0 Å². The number of ether oxygens (including phenoxy) is 1. The SMILES string of the molecule is CCCCCCCCCCCCCCCCCC(=O)OC(N)CCCCC(N)CCCCCN. The average molecular weight is 484 g/mol. The highest BCUT2D eigenvalue weighted by Gasteiger charge is 2.10. The number of unbranched alkanes of at least 4 members (excludes halogenated alkanes) is 17. The van der Waals surface area contributed by atoms with E-state index < -0.39 is 6.23 Å². The second kappa shape index (κ2) is 26.9. The first-order chi connectivity index (χ1) is 16.6. The molecule has 0 rings (SSSR count). The van der Waals surface area contributed by atoms with Gasteiger partial charge in [-0.1, -0.05) is 116 Å². The third kappa shape index (κ3) is 26.0. The molecule has 0 fully saturated rings. The number of hydrogen-bond donors (Lipinski definition) is 3. The van der Waals surface area contributed by atoms with Crippen LogP contribution in [-0.2, 0) is 9.53 Å². The molecule has 2 unspecified atom stereocenters. The van der Waals surface area contributed by atoms with Gasteiger partial charge in [-0.15, -0.1) is 0 Å². The van der Waals surface area contributed by atoms with Crippen LogP contribution in [0.25, 0.3) is 0 Å². The zero-order chi connectivity index (χ0) is 25.1. The van der Waals surface area contributed by atoms with Crippen LogP contribution in [0.4, 0.5) is 0 Å². The largest absolute Gasteiger partial charge is 0.447 e. The molecule has 0 amide bonds. The average Bonchev–Trinajstić information content (AvgIpc) is 2.82. The predicted molar refractivity (Wildman–Crippen MR) is 148 cm³/mol. The Kier molecular flexibility index (Phi) is 26.4. The van der Waals surface area contributed by atoms with Crippen molar-refractivity contribution < 1.29 is 9.53 Å². The lowest BCUT2D eigenvalue weighted by atomic mass is 10.0. The zero-order valence-corrected chi connectivity index (χ0v) is 22.9. The molecule has 2 atom stereocenters. The second-order valence-corrected chi connectivity index (χ2v) is 10.4. The molecule has 0 radical (unpaired) electrons. The van der Waals surface area contributed by atoms with E-state index in [4.69, 9.17) is 21.9 Å². The molecule has 0 aliphatic carbocycles. The van der Waals surface area contributed by atoms with Crippen LogP contribution in [0.5, 0.6) is 0 Å². The molecule has 0 aromatic heterocycles. The topological polar surface area (TPSA) is 104 Å². The summed E-state index contributed by atoms with van der Waals surface area (Å²) in [7, 11) is 0. The van der Waals surface area contributed by atoms with Crippen LogP contribution in [0.1, 0.15) is 161 Å². The van der Waals surface area contributed by atoms with Crippen LogP contribution in [0.3, 0.4) is 0 Å². The van der Waals surface area contributed by atoms with Crippen LogP contribution >= 0.6 is 0 Å². The Labute approximate surface area is 212 Å². The molecule has 5 nitrogen and oxygen atoms in total. The molecule has 0 aromatic rings. The molecular weight excluding hydrogens is 422 g/mol. The molecule has 0 aromatic carbocycles. The lowest BCUT2D eigenvalue weighted by molar-refractivity contribution is -0.149. The van der Waals surface area contributed by atoms with Crippen LogP contribution in [0.15, 0.2) is 0 Å². The van der Waals surface area contributed by atoms with Crippen molar-refractivity contribution in [2.24, 2.45) is 17.2 Å². The van der Waals surface area contributed by atoms with Gasteiger partial charge in [-0.05, 0) is 45.1 Å². The molecule has 0 aliphatic heterocycles. The first kappa shape index (κ1) is 33.4. The van der Waals surface area contributed by atoms with Gasteiger partial charge in [0.05, 0.1) is 0 Å². The zero-order valence-electron chi connectivity index (χ0n) is 22.9. The highest BCUT2D eigenvalue weighted by molar-refractivity contribution is 5.69. The molecule has 204 valence electrons. The van der Waals surface area contributed by atoms with Crippen LogP contribution in [0.2, 0.25) is 0 Å². The summed E-state index contributed by atoms with van der Waals surface area (Å²) in [6.07, 6.45) is 28.2. The molecule has 34 heavy (non-hydrogen) atoms. The van der Waals surface area contributed by atoms with Gasteiger partial charge in [-0.25, -0.2) is 0 Å². The van der Waals surface area contributed by atoms with E-state index in [2.05, 4.69) is 6.92 Å². The smallest absolute Gasteiger partial charge is 0.307 e. The van der Waals surface area contributed by atoms with Crippen LogP contribution in [0, 0.1) is 0 Å². The van der Waals surface area contributed by atoms with E-state index >= 15 is 0 Å². The van der Waals surface area contributed by atoms with Crippen LogP contribution < -0.4 is 17.2 Å². The first-order valence-corrected chi connectivity index (χ1v) is 15.0. The van der Waals surface area contributed by atoms with Gasteiger partial charge in [0.15, 0.2) is 6.23 Å². The van der Waals surface area contributed by atoms with Crippen molar-refractivity contribution in [1.29, 1.82) is 0 Å². The predicted octanol–water partition coefficient (Wildman–Crippen LogP) is 7.48. The summed E-state index contributed by atoms with van der Waals surface area (Å²) in [5.41, 5.74) is 17.6. The summed E-state index contributed by atoms with van der Waals surface area (Å²) in [6.45, 7) is 3.05. The Morgan fingerprint density at radius 3 is 1.50 bits per heavy atom. The quantitative estimate of drug-likeness (QED) is 0.0638. The maximum absolute atomic E-state index is 12.0. The second-order valence-electron chi connectivity index (χ2n) is 10.4. The Bertz CT molecular complexity index is 420. The van der Waals surface area contributed by atoms with Crippen molar-refractivity contribution in [3.63, 3.8) is 0 Å². The summed E-state index contributed by atoms with van der Waals surface area (Å²) >= 11 is 0. The van der Waals surface area contributed by atoms with Crippen LogP contribution in [-0.4, -0.2) is 24.8 Å². The molecule has 6 N–H and O–H groups in total. The highest BCUT2D eigenvalue weighted by atomic mass is 16.6. The van der Waals surface area contributed by atoms with Gasteiger partial charge in [0.2, 0.25) is 0 Å². The monoisotopic (exact) mass is 483 g/mol. The summed E-state index contributed by atoms with van der Waals surface area (Å²) in [6, 6.07) is 0.265. The number of hydrogen-bond acceptors (Lipinski definition) is 5. The van der Waals surface area contributed by atoms with Gasteiger partial charge in [-0.2, -0.15) is 0 Å². The molecule has 0 saturated heterocycles. The first-order valence-electron chi connectivity index (χ1n) is 15.0. The maximum Gasteiger partial charge on any atom is 0.307 e. The molecular formula is C29H61N3O2. The number of esters is 1. The minimum Gasteiger partial charge on any atom is -0.447 e. The Morgan fingerprint density at radius 1 is 0.588 bits per heavy atom. The lowest BCUT2D eigenvalue weighted by Crippen LogP contribution is -2.27. The normalized spacial score (nSPS) is 13.2. The number of carbonyl (C=O) groups is 1. The van der Waals surface area contributed by atoms with E-state index in [0.29, 0.717) is 6.42 Å². The molecule has 0 saturated carbocycles. The van der Waals surface area contributed by atoms with E-state index in [1.807, 2.05) is 0 Å². The van der Waals surface area contributed by atoms with E-state index in [-0.39, 0.29) is 12.0 Å².